The molecule has 0 spiro atoms. The lowest BCUT2D eigenvalue weighted by Gasteiger charge is -2.33. The maximum absolute atomic E-state index is 13.6. The molecule has 192 valence electrons. The quantitative estimate of drug-likeness (QED) is 0.484. The molecular formula is C25H34ClN3O5S. The molecule has 0 heterocycles. The first kappa shape index (κ1) is 28.5. The Morgan fingerprint density at radius 2 is 1.74 bits per heavy atom. The van der Waals surface area contributed by atoms with Gasteiger partial charge in [-0.3, -0.25) is 13.9 Å². The predicted octanol–water partition coefficient (Wildman–Crippen LogP) is 3.76. The summed E-state index contributed by atoms with van der Waals surface area (Å²) in [6, 6.07) is 11.1. The van der Waals surface area contributed by atoms with Gasteiger partial charge in [0, 0.05) is 17.6 Å². The van der Waals surface area contributed by atoms with E-state index in [9.17, 15) is 18.0 Å². The molecule has 0 aromatic heterocycles. The zero-order chi connectivity index (χ0) is 26.3. The highest BCUT2D eigenvalue weighted by Gasteiger charge is 2.32. The minimum atomic E-state index is -3.82. The Balaban J connectivity index is 2.45. The molecule has 0 radical (unpaired) electrons. The number of nitrogens with zero attached hydrogens (tertiary/aromatic N) is 2. The number of benzene rings is 2. The average Bonchev–Trinajstić information content (AvgIpc) is 2.78. The summed E-state index contributed by atoms with van der Waals surface area (Å²) < 4.78 is 31.5. The summed E-state index contributed by atoms with van der Waals surface area (Å²) >= 11 is 6.22. The van der Waals surface area contributed by atoms with Gasteiger partial charge in [-0.15, -0.1) is 0 Å². The summed E-state index contributed by atoms with van der Waals surface area (Å²) in [6.07, 6.45) is 1.39. The van der Waals surface area contributed by atoms with E-state index in [4.69, 9.17) is 16.3 Å². The lowest BCUT2D eigenvalue weighted by molar-refractivity contribution is -0.140. The van der Waals surface area contributed by atoms with Gasteiger partial charge in [-0.05, 0) is 62.6 Å². The van der Waals surface area contributed by atoms with Crippen molar-refractivity contribution in [3.05, 3.63) is 58.6 Å². The number of ether oxygens (including phenoxy) is 1. The third-order valence-corrected chi connectivity index (χ3v) is 7.00. The van der Waals surface area contributed by atoms with E-state index in [1.807, 2.05) is 20.8 Å². The smallest absolute Gasteiger partial charge is 0.244 e. The fraction of sp³-hybridized carbons (Fsp3) is 0.440. The molecule has 1 atom stereocenters. The Morgan fingerprint density at radius 1 is 1.11 bits per heavy atom. The Bertz CT molecular complexity index is 1140. The third kappa shape index (κ3) is 7.86. The number of carbonyl (C=O) groups is 2. The molecule has 0 saturated heterocycles. The summed E-state index contributed by atoms with van der Waals surface area (Å²) in [5.41, 5.74) is 1.84. The van der Waals surface area contributed by atoms with Gasteiger partial charge < -0.3 is 15.0 Å². The van der Waals surface area contributed by atoms with Crippen molar-refractivity contribution in [1.82, 2.24) is 10.2 Å². The molecule has 1 N–H and O–H groups in total. The van der Waals surface area contributed by atoms with Crippen LogP contribution in [0.4, 0.5) is 5.69 Å². The maximum atomic E-state index is 13.6. The molecule has 2 amide bonds. The highest BCUT2D eigenvalue weighted by Crippen LogP contribution is 2.25. The van der Waals surface area contributed by atoms with Gasteiger partial charge in [-0.2, -0.15) is 0 Å². The van der Waals surface area contributed by atoms with Crippen molar-refractivity contribution in [2.75, 3.05) is 24.2 Å². The molecule has 2 aromatic carbocycles. The molecule has 0 aliphatic rings. The number of halogens is 1. The van der Waals surface area contributed by atoms with Gasteiger partial charge in [0.15, 0.2) is 0 Å². The second-order valence-electron chi connectivity index (χ2n) is 8.66. The van der Waals surface area contributed by atoms with Crippen LogP contribution in [0.25, 0.3) is 0 Å². The Labute approximate surface area is 213 Å². The first-order chi connectivity index (χ1) is 16.4. The predicted molar refractivity (Wildman–Crippen MR) is 139 cm³/mol. The summed E-state index contributed by atoms with van der Waals surface area (Å²) in [6.45, 7) is 6.95. The molecule has 0 saturated carbocycles. The van der Waals surface area contributed by atoms with Crippen LogP contribution in [0, 0.1) is 6.92 Å². The van der Waals surface area contributed by atoms with Gasteiger partial charge in [0.1, 0.15) is 18.3 Å². The monoisotopic (exact) mass is 523 g/mol. The number of hydrogen-bond acceptors (Lipinski definition) is 5. The van der Waals surface area contributed by atoms with Crippen LogP contribution < -0.4 is 14.4 Å². The van der Waals surface area contributed by atoms with Crippen LogP contribution in [0.1, 0.15) is 38.3 Å². The standard InChI is InChI=1S/C25H34ClN3O5S/c1-7-23(25(31)27-17(2)3)28(15-19-9-12-21(34-5)13-10-19)24(30)16-29(35(6,32)33)20-11-8-18(4)22(26)14-20/h8-14,17,23H,7,15-16H2,1-6H3,(H,27,31). The molecule has 8 nitrogen and oxygen atoms in total. The maximum Gasteiger partial charge on any atom is 0.244 e. The summed E-state index contributed by atoms with van der Waals surface area (Å²) in [5.74, 6) is -0.141. The molecule has 2 rings (SSSR count). The minimum absolute atomic E-state index is 0.114. The fourth-order valence-electron chi connectivity index (χ4n) is 3.58. The van der Waals surface area contributed by atoms with E-state index in [0.717, 1.165) is 21.7 Å². The second kappa shape index (κ2) is 12.3. The number of nitrogens with one attached hydrogen (secondary N) is 1. The summed E-state index contributed by atoms with van der Waals surface area (Å²) in [7, 11) is -2.26. The topological polar surface area (TPSA) is 96.0 Å². The van der Waals surface area contributed by atoms with Crippen LogP contribution in [0.5, 0.6) is 5.75 Å². The van der Waals surface area contributed by atoms with Crippen LogP contribution in [0.2, 0.25) is 5.02 Å². The molecule has 1 unspecified atom stereocenters. The molecule has 0 aliphatic heterocycles. The SMILES string of the molecule is CCC(C(=O)NC(C)C)N(Cc1ccc(OC)cc1)C(=O)CN(c1ccc(C)c(Cl)c1)S(C)(=O)=O. The van der Waals surface area contributed by atoms with E-state index in [-0.39, 0.29) is 24.2 Å². The summed E-state index contributed by atoms with van der Waals surface area (Å²) in [4.78, 5) is 28.0. The van der Waals surface area contributed by atoms with Gasteiger partial charge in [0.2, 0.25) is 21.8 Å². The Kier molecular flexibility index (Phi) is 9.97. The van der Waals surface area contributed by atoms with Gasteiger partial charge in [0.05, 0.1) is 19.1 Å². The van der Waals surface area contributed by atoms with E-state index in [2.05, 4.69) is 5.32 Å². The van der Waals surface area contributed by atoms with Crippen LogP contribution in [-0.4, -0.2) is 57.1 Å². The van der Waals surface area contributed by atoms with Crippen molar-refractivity contribution in [3.63, 3.8) is 0 Å². The number of rotatable bonds is 11. The molecule has 35 heavy (non-hydrogen) atoms. The zero-order valence-corrected chi connectivity index (χ0v) is 22.6. The Morgan fingerprint density at radius 3 is 2.23 bits per heavy atom. The second-order valence-corrected chi connectivity index (χ2v) is 11.0. The number of aryl methyl sites for hydroxylation is 1. The summed E-state index contributed by atoms with van der Waals surface area (Å²) in [5, 5.41) is 3.25. The zero-order valence-electron chi connectivity index (χ0n) is 21.0. The normalized spacial score (nSPS) is 12.2. The molecule has 0 bridgehead atoms. The fourth-order valence-corrected chi connectivity index (χ4v) is 4.59. The molecule has 0 aliphatic carbocycles. The molecule has 2 aromatic rings. The average molecular weight is 524 g/mol. The number of sulfonamides is 1. The molecule has 0 fully saturated rings. The van der Waals surface area contributed by atoms with Crippen molar-refractivity contribution in [2.24, 2.45) is 0 Å². The first-order valence-electron chi connectivity index (χ1n) is 11.3. The van der Waals surface area contributed by atoms with Crippen molar-refractivity contribution in [2.45, 2.75) is 52.7 Å². The van der Waals surface area contributed by atoms with Crippen molar-refractivity contribution in [3.8, 4) is 5.75 Å². The number of hydrogen-bond donors (Lipinski definition) is 1. The largest absolute Gasteiger partial charge is 0.497 e. The van der Waals surface area contributed by atoms with Gasteiger partial charge in [-0.25, -0.2) is 8.42 Å². The van der Waals surface area contributed by atoms with Crippen LogP contribution in [0.15, 0.2) is 42.5 Å². The minimum Gasteiger partial charge on any atom is -0.497 e. The molecular weight excluding hydrogens is 490 g/mol. The van der Waals surface area contributed by atoms with E-state index < -0.39 is 28.5 Å². The van der Waals surface area contributed by atoms with Gasteiger partial charge in [-0.1, -0.05) is 36.7 Å². The van der Waals surface area contributed by atoms with Gasteiger partial charge >= 0.3 is 0 Å². The van der Waals surface area contributed by atoms with Crippen LogP contribution in [0.3, 0.4) is 0 Å². The Hall–Kier alpha value is -2.78. The third-order valence-electron chi connectivity index (χ3n) is 5.45. The lowest BCUT2D eigenvalue weighted by atomic mass is 10.1. The van der Waals surface area contributed by atoms with Crippen molar-refractivity contribution >= 4 is 39.1 Å². The van der Waals surface area contributed by atoms with E-state index in [1.165, 1.54) is 11.0 Å². The van der Waals surface area contributed by atoms with Crippen molar-refractivity contribution < 1.29 is 22.7 Å². The van der Waals surface area contributed by atoms with E-state index in [1.54, 1.807) is 50.4 Å². The number of anilines is 1. The van der Waals surface area contributed by atoms with Crippen LogP contribution in [-0.2, 0) is 26.2 Å². The lowest BCUT2D eigenvalue weighted by Crippen LogP contribution is -2.53. The molecule has 10 heteroatoms. The van der Waals surface area contributed by atoms with Crippen LogP contribution >= 0.6 is 11.6 Å². The highest BCUT2D eigenvalue weighted by molar-refractivity contribution is 7.92. The van der Waals surface area contributed by atoms with Gasteiger partial charge in [0.25, 0.3) is 0 Å². The van der Waals surface area contributed by atoms with Crippen molar-refractivity contribution in [1.29, 1.82) is 0 Å². The number of amides is 2. The highest BCUT2D eigenvalue weighted by atomic mass is 35.5. The first-order valence-corrected chi connectivity index (χ1v) is 13.6. The van der Waals surface area contributed by atoms with E-state index in [0.29, 0.717) is 17.2 Å². The number of carbonyl (C=O) groups excluding carboxylic acids is 2. The van der Waals surface area contributed by atoms with E-state index >= 15 is 0 Å². The number of methoxy groups -OCH3 is 1.